The van der Waals surface area contributed by atoms with E-state index in [1.807, 2.05) is 13.0 Å². The van der Waals surface area contributed by atoms with Crippen molar-refractivity contribution >= 4 is 27.5 Å². The van der Waals surface area contributed by atoms with E-state index in [0.29, 0.717) is 5.69 Å². The Morgan fingerprint density at radius 1 is 1.77 bits per heavy atom. The topological polar surface area (TPSA) is 68.0 Å². The van der Waals surface area contributed by atoms with Crippen LogP contribution in [0.4, 0.5) is 5.69 Å². The summed E-state index contributed by atoms with van der Waals surface area (Å²) in [5, 5.41) is 2.61. The highest BCUT2D eigenvalue weighted by atomic mass is 79.9. The van der Waals surface area contributed by atoms with Crippen molar-refractivity contribution < 1.29 is 4.79 Å². The van der Waals surface area contributed by atoms with Gasteiger partial charge in [-0.3, -0.25) is 4.79 Å². The lowest BCUT2D eigenvalue weighted by atomic mass is 10.3. The zero-order valence-electron chi connectivity index (χ0n) is 7.17. The van der Waals surface area contributed by atoms with Crippen LogP contribution in [0, 0.1) is 6.92 Å². The molecule has 0 saturated heterocycles. The van der Waals surface area contributed by atoms with Crippen LogP contribution in [0.15, 0.2) is 16.9 Å². The van der Waals surface area contributed by atoms with Gasteiger partial charge in [0, 0.05) is 0 Å². The van der Waals surface area contributed by atoms with Crippen molar-refractivity contribution in [3.63, 3.8) is 0 Å². The normalized spacial score (nSPS) is 9.77. The Morgan fingerprint density at radius 3 is 3.00 bits per heavy atom. The van der Waals surface area contributed by atoms with Gasteiger partial charge in [0.15, 0.2) is 0 Å². The van der Waals surface area contributed by atoms with Crippen molar-refractivity contribution in [2.75, 3.05) is 11.9 Å². The van der Waals surface area contributed by atoms with Crippen LogP contribution >= 0.6 is 15.9 Å². The highest BCUT2D eigenvalue weighted by molar-refractivity contribution is 9.10. The standard InChI is InChI=1S/C8H10BrN3O/c1-5-2-6(4-11-8(5)9)12-7(13)3-10/h2,4H,3,10H2,1H3,(H,12,13). The van der Waals surface area contributed by atoms with Crippen molar-refractivity contribution in [1.29, 1.82) is 0 Å². The highest BCUT2D eigenvalue weighted by Gasteiger charge is 2.01. The minimum atomic E-state index is -0.219. The van der Waals surface area contributed by atoms with Gasteiger partial charge in [0.1, 0.15) is 4.60 Å². The van der Waals surface area contributed by atoms with E-state index in [9.17, 15) is 4.79 Å². The van der Waals surface area contributed by atoms with Crippen LogP contribution < -0.4 is 11.1 Å². The molecule has 0 unspecified atom stereocenters. The van der Waals surface area contributed by atoms with E-state index in [0.717, 1.165) is 10.2 Å². The largest absolute Gasteiger partial charge is 0.324 e. The number of amides is 1. The Hall–Kier alpha value is -0.940. The molecule has 3 N–H and O–H groups in total. The molecule has 0 atom stereocenters. The van der Waals surface area contributed by atoms with E-state index in [-0.39, 0.29) is 12.5 Å². The molecule has 13 heavy (non-hydrogen) atoms. The lowest BCUT2D eigenvalue weighted by Gasteiger charge is -2.04. The summed E-state index contributed by atoms with van der Waals surface area (Å²) in [5.74, 6) is -0.219. The quantitative estimate of drug-likeness (QED) is 0.764. The van der Waals surface area contributed by atoms with Crippen LogP contribution in [0.3, 0.4) is 0 Å². The molecule has 0 bridgehead atoms. The number of rotatable bonds is 2. The molecule has 0 radical (unpaired) electrons. The SMILES string of the molecule is Cc1cc(NC(=O)CN)cnc1Br. The molecular formula is C8H10BrN3O. The first-order valence-corrected chi connectivity index (χ1v) is 4.55. The molecule has 0 spiro atoms. The number of aromatic nitrogens is 1. The van der Waals surface area contributed by atoms with Crippen molar-refractivity contribution in [2.45, 2.75) is 6.92 Å². The molecule has 0 fully saturated rings. The second-order valence-electron chi connectivity index (χ2n) is 2.58. The van der Waals surface area contributed by atoms with Crippen molar-refractivity contribution in [3.8, 4) is 0 Å². The first-order valence-electron chi connectivity index (χ1n) is 3.75. The minimum Gasteiger partial charge on any atom is -0.324 e. The summed E-state index contributed by atoms with van der Waals surface area (Å²) in [4.78, 5) is 14.9. The average molecular weight is 244 g/mol. The number of nitrogens with one attached hydrogen (secondary N) is 1. The zero-order valence-corrected chi connectivity index (χ0v) is 8.76. The summed E-state index contributed by atoms with van der Waals surface area (Å²) >= 11 is 3.26. The molecule has 0 saturated carbocycles. The molecule has 1 aromatic rings. The fraction of sp³-hybridized carbons (Fsp3) is 0.250. The lowest BCUT2D eigenvalue weighted by Crippen LogP contribution is -2.21. The summed E-state index contributed by atoms with van der Waals surface area (Å²) in [6.45, 7) is 1.88. The number of carbonyl (C=O) groups is 1. The Labute approximate surface area is 84.7 Å². The fourth-order valence-electron chi connectivity index (χ4n) is 0.838. The molecule has 1 heterocycles. The van der Waals surface area contributed by atoms with E-state index in [4.69, 9.17) is 5.73 Å². The average Bonchev–Trinajstić information content (AvgIpc) is 2.11. The summed E-state index contributed by atoms with van der Waals surface area (Å²) in [6, 6.07) is 1.82. The van der Waals surface area contributed by atoms with Gasteiger partial charge in [-0.2, -0.15) is 0 Å². The molecule has 0 aliphatic rings. The number of aryl methyl sites for hydroxylation is 1. The van der Waals surface area contributed by atoms with Gasteiger partial charge in [-0.25, -0.2) is 4.98 Å². The molecule has 0 aromatic carbocycles. The third-order valence-electron chi connectivity index (χ3n) is 1.48. The second kappa shape index (κ2) is 4.34. The maximum absolute atomic E-state index is 10.9. The van der Waals surface area contributed by atoms with Gasteiger partial charge in [0.2, 0.25) is 5.91 Å². The summed E-state index contributed by atoms with van der Waals surface area (Å²) in [6.07, 6.45) is 1.57. The van der Waals surface area contributed by atoms with Crippen molar-refractivity contribution in [2.24, 2.45) is 5.73 Å². The van der Waals surface area contributed by atoms with E-state index in [1.165, 1.54) is 0 Å². The predicted molar refractivity (Wildman–Crippen MR) is 54.4 cm³/mol. The monoisotopic (exact) mass is 243 g/mol. The number of hydrogen-bond acceptors (Lipinski definition) is 3. The van der Waals surface area contributed by atoms with Gasteiger partial charge < -0.3 is 11.1 Å². The van der Waals surface area contributed by atoms with E-state index >= 15 is 0 Å². The Bertz CT molecular complexity index is 327. The maximum Gasteiger partial charge on any atom is 0.238 e. The zero-order chi connectivity index (χ0) is 9.84. The number of hydrogen-bond donors (Lipinski definition) is 2. The fourth-order valence-corrected chi connectivity index (χ4v) is 1.06. The predicted octanol–water partition coefficient (Wildman–Crippen LogP) is 1.05. The Kier molecular flexibility index (Phi) is 3.39. The second-order valence-corrected chi connectivity index (χ2v) is 3.34. The van der Waals surface area contributed by atoms with Crippen LogP contribution in [0.2, 0.25) is 0 Å². The van der Waals surface area contributed by atoms with Gasteiger partial charge in [-0.1, -0.05) is 0 Å². The summed E-state index contributed by atoms with van der Waals surface area (Å²) < 4.78 is 0.776. The van der Waals surface area contributed by atoms with Gasteiger partial charge in [0.25, 0.3) is 0 Å². The molecule has 0 aliphatic carbocycles. The van der Waals surface area contributed by atoms with E-state index < -0.39 is 0 Å². The number of halogens is 1. The highest BCUT2D eigenvalue weighted by Crippen LogP contribution is 2.16. The summed E-state index contributed by atoms with van der Waals surface area (Å²) in [5.41, 5.74) is 6.78. The third-order valence-corrected chi connectivity index (χ3v) is 2.31. The van der Waals surface area contributed by atoms with Crippen LogP contribution in [-0.4, -0.2) is 17.4 Å². The maximum atomic E-state index is 10.9. The third kappa shape index (κ3) is 2.78. The van der Waals surface area contributed by atoms with Crippen LogP contribution in [-0.2, 0) is 4.79 Å². The first kappa shape index (κ1) is 10.1. The Morgan fingerprint density at radius 2 is 2.46 bits per heavy atom. The van der Waals surface area contributed by atoms with Crippen LogP contribution in [0.5, 0.6) is 0 Å². The number of nitrogens with two attached hydrogens (primary N) is 1. The molecule has 1 amide bonds. The minimum absolute atomic E-state index is 0.0187. The molecular weight excluding hydrogens is 234 g/mol. The van der Waals surface area contributed by atoms with Gasteiger partial charge >= 0.3 is 0 Å². The summed E-state index contributed by atoms with van der Waals surface area (Å²) in [7, 11) is 0. The van der Waals surface area contributed by atoms with Gasteiger partial charge in [-0.05, 0) is 34.5 Å². The number of anilines is 1. The number of carbonyl (C=O) groups excluding carboxylic acids is 1. The van der Waals surface area contributed by atoms with Gasteiger partial charge in [0.05, 0.1) is 18.4 Å². The van der Waals surface area contributed by atoms with E-state index in [2.05, 4.69) is 26.2 Å². The molecule has 5 heteroatoms. The van der Waals surface area contributed by atoms with Crippen molar-refractivity contribution in [3.05, 3.63) is 22.4 Å². The van der Waals surface area contributed by atoms with Crippen LogP contribution in [0.1, 0.15) is 5.56 Å². The molecule has 4 nitrogen and oxygen atoms in total. The molecule has 0 aliphatic heterocycles. The smallest absolute Gasteiger partial charge is 0.238 e. The molecule has 1 rings (SSSR count). The number of nitrogens with zero attached hydrogens (tertiary/aromatic N) is 1. The van der Waals surface area contributed by atoms with Gasteiger partial charge in [-0.15, -0.1) is 0 Å². The van der Waals surface area contributed by atoms with Crippen LogP contribution in [0.25, 0.3) is 0 Å². The Balaban J connectivity index is 2.79. The first-order chi connectivity index (χ1) is 6.13. The van der Waals surface area contributed by atoms with Crippen molar-refractivity contribution in [1.82, 2.24) is 4.98 Å². The molecule has 1 aromatic heterocycles. The number of pyridine rings is 1. The lowest BCUT2D eigenvalue weighted by molar-refractivity contribution is -0.114. The molecule has 70 valence electrons. The van der Waals surface area contributed by atoms with E-state index in [1.54, 1.807) is 6.20 Å².